The zero-order valence-electron chi connectivity index (χ0n) is 13.9. The first kappa shape index (κ1) is 18.5. The third kappa shape index (κ3) is 7.30. The van der Waals surface area contributed by atoms with Gasteiger partial charge in [0.15, 0.2) is 0 Å². The molecule has 0 bridgehead atoms. The summed E-state index contributed by atoms with van der Waals surface area (Å²) in [5.74, 6) is -1.18. The van der Waals surface area contributed by atoms with E-state index in [0.29, 0.717) is 0 Å². The average molecular weight is 297 g/mol. The third-order valence-corrected chi connectivity index (χ3v) is 5.27. The van der Waals surface area contributed by atoms with Crippen molar-refractivity contribution in [1.82, 2.24) is 0 Å². The molecule has 0 radical (unpaired) electrons. The van der Waals surface area contributed by atoms with Crippen LogP contribution >= 0.6 is 0 Å². The van der Waals surface area contributed by atoms with Gasteiger partial charge in [-0.2, -0.15) is 0 Å². The highest BCUT2D eigenvalue weighted by molar-refractivity contribution is 5.71. The number of carboxylic acid groups (broad SMARTS) is 1. The summed E-state index contributed by atoms with van der Waals surface area (Å²) in [5, 5.41) is 9.33. The molecule has 1 unspecified atom stereocenters. The van der Waals surface area contributed by atoms with Crippen molar-refractivity contribution >= 4 is 5.97 Å². The molecule has 0 aliphatic heterocycles. The van der Waals surface area contributed by atoms with Crippen LogP contribution in [-0.4, -0.2) is 16.6 Å². The predicted molar refractivity (Wildman–Crippen MR) is 88.4 cm³/mol. The Kier molecular flexibility index (Phi) is 8.98. The Morgan fingerprint density at radius 1 is 0.810 bits per heavy atom. The Labute approximate surface area is 130 Å². The second-order valence-electron chi connectivity index (χ2n) is 7.04. The molecule has 21 heavy (non-hydrogen) atoms. The van der Waals surface area contributed by atoms with E-state index in [-0.39, 0.29) is 0 Å². The number of hydrogen-bond acceptors (Lipinski definition) is 2. The first-order valence-electron chi connectivity index (χ1n) is 9.08. The van der Waals surface area contributed by atoms with Crippen molar-refractivity contribution in [2.45, 2.75) is 102 Å². The quantitative estimate of drug-likeness (QED) is 0.763. The van der Waals surface area contributed by atoms with Crippen molar-refractivity contribution in [3.05, 3.63) is 0 Å². The van der Waals surface area contributed by atoms with Gasteiger partial charge >= 0.3 is 5.97 Å². The minimum absolute atomic E-state index is 0.437. The van der Waals surface area contributed by atoms with E-state index in [1.807, 2.05) is 0 Å². The van der Waals surface area contributed by atoms with E-state index < -0.39 is 17.4 Å². The van der Waals surface area contributed by atoms with E-state index in [2.05, 4.69) is 0 Å². The van der Waals surface area contributed by atoms with Gasteiger partial charge in [-0.3, -0.25) is 4.79 Å². The summed E-state index contributed by atoms with van der Waals surface area (Å²) in [6, 6.07) is 0. The number of rotatable bonds is 2. The van der Waals surface area contributed by atoms with Gasteiger partial charge in [-0.1, -0.05) is 84.0 Å². The van der Waals surface area contributed by atoms with E-state index >= 15 is 0 Å². The van der Waals surface area contributed by atoms with Crippen molar-refractivity contribution in [2.75, 3.05) is 0 Å². The van der Waals surface area contributed by atoms with Crippen LogP contribution in [0, 0.1) is 5.92 Å². The van der Waals surface area contributed by atoms with E-state index in [0.717, 1.165) is 25.7 Å². The lowest BCUT2D eigenvalue weighted by molar-refractivity contribution is -0.143. The Morgan fingerprint density at radius 3 is 1.38 bits per heavy atom. The molecule has 0 amide bonds. The molecule has 3 nitrogen and oxygen atoms in total. The van der Waals surface area contributed by atoms with Gasteiger partial charge in [0.05, 0.1) is 5.92 Å². The monoisotopic (exact) mass is 297 g/mol. The Hall–Kier alpha value is -0.570. The first-order chi connectivity index (χ1) is 10.1. The molecular formula is C18H35NO2. The van der Waals surface area contributed by atoms with Crippen LogP contribution in [0.25, 0.3) is 0 Å². The molecule has 0 heterocycles. The maximum Gasteiger partial charge on any atom is 0.308 e. The smallest absolute Gasteiger partial charge is 0.308 e. The molecular weight excluding hydrogens is 262 g/mol. The molecule has 0 aromatic carbocycles. The standard InChI is InChI=1S/C18H35NO2/c1-16(17(20)21)18(19)14-12-10-8-6-4-2-3-5-7-9-11-13-15-18/h16H,2-15,19H2,1H3,(H,20,21). The molecule has 1 aliphatic rings. The molecule has 0 saturated heterocycles. The SMILES string of the molecule is CC(C(=O)O)C1(N)CCCCCCCCCCCCCC1. The molecule has 0 aromatic rings. The van der Waals surface area contributed by atoms with Crippen molar-refractivity contribution in [2.24, 2.45) is 11.7 Å². The lowest BCUT2D eigenvalue weighted by Gasteiger charge is -2.33. The summed E-state index contributed by atoms with van der Waals surface area (Å²) in [4.78, 5) is 11.3. The second kappa shape index (κ2) is 10.2. The fraction of sp³-hybridized carbons (Fsp3) is 0.944. The molecule has 1 rings (SSSR count). The molecule has 3 heteroatoms. The number of carboxylic acids is 1. The summed E-state index contributed by atoms with van der Waals surface area (Å²) >= 11 is 0. The van der Waals surface area contributed by atoms with Gasteiger partial charge in [0.2, 0.25) is 0 Å². The van der Waals surface area contributed by atoms with Crippen LogP contribution in [0.3, 0.4) is 0 Å². The van der Waals surface area contributed by atoms with Crippen LogP contribution in [0.1, 0.15) is 96.8 Å². The average Bonchev–Trinajstić information content (AvgIpc) is 2.46. The van der Waals surface area contributed by atoms with Gasteiger partial charge in [-0.25, -0.2) is 0 Å². The number of hydrogen-bond donors (Lipinski definition) is 2. The zero-order chi connectivity index (χ0) is 15.6. The first-order valence-corrected chi connectivity index (χ1v) is 9.08. The fourth-order valence-corrected chi connectivity index (χ4v) is 3.48. The van der Waals surface area contributed by atoms with Crippen LogP contribution in [0.15, 0.2) is 0 Å². The molecule has 1 atom stereocenters. The third-order valence-electron chi connectivity index (χ3n) is 5.27. The lowest BCUT2D eigenvalue weighted by Crippen LogP contribution is -2.49. The predicted octanol–water partition coefficient (Wildman–Crippen LogP) is 4.88. The number of carbonyl (C=O) groups is 1. The van der Waals surface area contributed by atoms with Crippen LogP contribution in [0.2, 0.25) is 0 Å². The molecule has 0 spiro atoms. The van der Waals surface area contributed by atoms with Gasteiger partial charge in [0.25, 0.3) is 0 Å². The summed E-state index contributed by atoms with van der Waals surface area (Å²) in [7, 11) is 0. The van der Waals surface area contributed by atoms with Gasteiger partial charge in [0.1, 0.15) is 0 Å². The van der Waals surface area contributed by atoms with Crippen LogP contribution in [-0.2, 0) is 4.79 Å². The van der Waals surface area contributed by atoms with Gasteiger partial charge in [-0.05, 0) is 12.8 Å². The van der Waals surface area contributed by atoms with Crippen LogP contribution < -0.4 is 5.73 Å². The highest BCUT2D eigenvalue weighted by Gasteiger charge is 2.35. The van der Waals surface area contributed by atoms with Gasteiger partial charge < -0.3 is 10.8 Å². The Morgan fingerprint density at radius 2 is 1.10 bits per heavy atom. The largest absolute Gasteiger partial charge is 0.481 e. The molecule has 124 valence electrons. The highest BCUT2D eigenvalue weighted by atomic mass is 16.4. The second-order valence-corrected chi connectivity index (χ2v) is 7.04. The summed E-state index contributed by atoms with van der Waals surface area (Å²) < 4.78 is 0. The minimum Gasteiger partial charge on any atom is -0.481 e. The van der Waals surface area contributed by atoms with Crippen molar-refractivity contribution in [1.29, 1.82) is 0 Å². The summed E-state index contributed by atoms with van der Waals surface area (Å²) in [6.07, 6.45) is 17.0. The fourth-order valence-electron chi connectivity index (χ4n) is 3.48. The molecule has 0 aromatic heterocycles. The van der Waals surface area contributed by atoms with Gasteiger partial charge in [0, 0.05) is 5.54 Å². The topological polar surface area (TPSA) is 63.3 Å². The number of aliphatic carboxylic acids is 1. The summed E-state index contributed by atoms with van der Waals surface area (Å²) in [5.41, 5.74) is 6.00. The van der Waals surface area contributed by atoms with E-state index in [1.54, 1.807) is 6.92 Å². The molecule has 1 saturated carbocycles. The molecule has 1 aliphatic carbocycles. The van der Waals surface area contributed by atoms with E-state index in [1.165, 1.54) is 64.2 Å². The highest BCUT2D eigenvalue weighted by Crippen LogP contribution is 2.29. The van der Waals surface area contributed by atoms with Crippen LogP contribution in [0.4, 0.5) is 0 Å². The lowest BCUT2D eigenvalue weighted by atomic mass is 9.77. The van der Waals surface area contributed by atoms with Crippen LogP contribution in [0.5, 0.6) is 0 Å². The van der Waals surface area contributed by atoms with Gasteiger partial charge in [-0.15, -0.1) is 0 Å². The maximum absolute atomic E-state index is 11.3. The minimum atomic E-state index is -0.740. The van der Waals surface area contributed by atoms with Crippen molar-refractivity contribution in [3.8, 4) is 0 Å². The Bertz CT molecular complexity index is 275. The molecule has 1 fully saturated rings. The summed E-state index contributed by atoms with van der Waals surface area (Å²) in [6.45, 7) is 1.79. The van der Waals surface area contributed by atoms with Crippen molar-refractivity contribution < 1.29 is 9.90 Å². The number of nitrogens with two attached hydrogens (primary N) is 1. The normalized spacial score (nSPS) is 24.5. The molecule has 3 N–H and O–H groups in total. The van der Waals surface area contributed by atoms with E-state index in [9.17, 15) is 9.90 Å². The zero-order valence-corrected chi connectivity index (χ0v) is 13.9. The maximum atomic E-state index is 11.3. The van der Waals surface area contributed by atoms with E-state index in [4.69, 9.17) is 5.73 Å². The van der Waals surface area contributed by atoms with Crippen molar-refractivity contribution in [3.63, 3.8) is 0 Å². The Balaban J connectivity index is 2.52.